The topological polar surface area (TPSA) is 51.2 Å². The number of aliphatic hydroxyl groups is 1. The van der Waals surface area contributed by atoms with Crippen molar-refractivity contribution >= 4 is 0 Å². The van der Waals surface area contributed by atoms with E-state index in [2.05, 4.69) is 29.2 Å². The molecule has 2 aromatic carbocycles. The zero-order valence-corrected chi connectivity index (χ0v) is 15.8. The van der Waals surface area contributed by atoms with Crippen molar-refractivity contribution in [2.24, 2.45) is 0 Å². The number of hydrogen-bond acceptors (Lipinski definition) is 5. The third-order valence-corrected chi connectivity index (χ3v) is 5.22. The van der Waals surface area contributed by atoms with Gasteiger partial charge in [0.2, 0.25) is 6.79 Å². The standard InChI is InChI=1S/C22H27NO4/c1-23(12-16-9-10-21-22(11-16)27-15-26-21)13-18(24)14-25-20-8-4-6-17-5-2-3-7-19(17)20/h2-3,5,7,9-11,18,20,24H,4,6,8,12-15H2,1H3/t18-,20-/m0/s1. The maximum absolute atomic E-state index is 10.4. The van der Waals surface area contributed by atoms with Crippen LogP contribution in [0.15, 0.2) is 42.5 Å². The van der Waals surface area contributed by atoms with Crippen LogP contribution in [0.3, 0.4) is 0 Å². The average molecular weight is 369 g/mol. The van der Waals surface area contributed by atoms with E-state index in [0.29, 0.717) is 13.2 Å². The zero-order valence-electron chi connectivity index (χ0n) is 15.8. The lowest BCUT2D eigenvalue weighted by atomic mass is 9.89. The van der Waals surface area contributed by atoms with Gasteiger partial charge in [-0.3, -0.25) is 4.90 Å². The van der Waals surface area contributed by atoms with Gasteiger partial charge in [0.15, 0.2) is 11.5 Å². The Morgan fingerprint density at radius 1 is 1.19 bits per heavy atom. The number of likely N-dealkylation sites (N-methyl/N-ethyl adjacent to an activating group) is 1. The molecular formula is C22H27NO4. The van der Waals surface area contributed by atoms with Crippen molar-refractivity contribution in [3.8, 4) is 11.5 Å². The largest absolute Gasteiger partial charge is 0.454 e. The SMILES string of the molecule is CN(Cc1ccc2c(c1)OCO2)C[C@H](O)CO[C@H]1CCCc2ccccc21. The fraction of sp³-hybridized carbons (Fsp3) is 0.455. The summed E-state index contributed by atoms with van der Waals surface area (Å²) in [5, 5.41) is 10.4. The Balaban J connectivity index is 1.26. The molecule has 1 aliphatic heterocycles. The minimum atomic E-state index is -0.516. The Kier molecular flexibility index (Phi) is 5.62. The third-order valence-electron chi connectivity index (χ3n) is 5.22. The molecule has 0 fully saturated rings. The lowest BCUT2D eigenvalue weighted by molar-refractivity contribution is -0.0265. The monoisotopic (exact) mass is 369 g/mol. The Bertz CT molecular complexity index is 779. The van der Waals surface area contributed by atoms with Gasteiger partial charge in [0.05, 0.1) is 18.8 Å². The van der Waals surface area contributed by atoms with Gasteiger partial charge in [-0.25, -0.2) is 0 Å². The van der Waals surface area contributed by atoms with E-state index in [4.69, 9.17) is 14.2 Å². The summed E-state index contributed by atoms with van der Waals surface area (Å²) in [4.78, 5) is 2.10. The summed E-state index contributed by atoms with van der Waals surface area (Å²) in [5.74, 6) is 1.59. The molecule has 0 saturated carbocycles. The maximum atomic E-state index is 10.4. The Morgan fingerprint density at radius 3 is 2.96 bits per heavy atom. The highest BCUT2D eigenvalue weighted by Gasteiger charge is 2.21. The summed E-state index contributed by atoms with van der Waals surface area (Å²) in [6, 6.07) is 14.5. The van der Waals surface area contributed by atoms with Crippen LogP contribution in [0.5, 0.6) is 11.5 Å². The van der Waals surface area contributed by atoms with Gasteiger partial charge in [0.25, 0.3) is 0 Å². The number of hydrogen-bond donors (Lipinski definition) is 1. The number of aryl methyl sites for hydroxylation is 1. The predicted molar refractivity (Wildman–Crippen MR) is 103 cm³/mol. The molecule has 1 N–H and O–H groups in total. The molecule has 5 heteroatoms. The lowest BCUT2D eigenvalue weighted by Crippen LogP contribution is -2.32. The molecule has 2 atom stereocenters. The third kappa shape index (κ3) is 4.43. The molecule has 4 rings (SSSR count). The molecule has 2 aliphatic rings. The van der Waals surface area contributed by atoms with E-state index in [0.717, 1.165) is 42.9 Å². The molecule has 0 aromatic heterocycles. The van der Waals surface area contributed by atoms with Crippen molar-refractivity contribution in [2.45, 2.75) is 38.0 Å². The molecule has 5 nitrogen and oxygen atoms in total. The Morgan fingerprint density at radius 2 is 2.04 bits per heavy atom. The summed E-state index contributed by atoms with van der Waals surface area (Å²) >= 11 is 0. The van der Waals surface area contributed by atoms with E-state index in [9.17, 15) is 5.11 Å². The van der Waals surface area contributed by atoms with Crippen LogP contribution >= 0.6 is 0 Å². The average Bonchev–Trinajstić information content (AvgIpc) is 3.14. The van der Waals surface area contributed by atoms with Crippen molar-refractivity contribution < 1.29 is 19.3 Å². The summed E-state index contributed by atoms with van der Waals surface area (Å²) in [6.45, 7) is 1.93. The van der Waals surface area contributed by atoms with E-state index in [1.54, 1.807) is 0 Å². The maximum Gasteiger partial charge on any atom is 0.231 e. The van der Waals surface area contributed by atoms with E-state index >= 15 is 0 Å². The van der Waals surface area contributed by atoms with Crippen LogP contribution < -0.4 is 9.47 Å². The van der Waals surface area contributed by atoms with Crippen molar-refractivity contribution in [3.05, 3.63) is 59.2 Å². The lowest BCUT2D eigenvalue weighted by Gasteiger charge is -2.27. The molecule has 0 radical (unpaired) electrons. The molecule has 0 unspecified atom stereocenters. The zero-order chi connectivity index (χ0) is 18.6. The molecule has 0 spiro atoms. The van der Waals surface area contributed by atoms with E-state index in [-0.39, 0.29) is 12.9 Å². The van der Waals surface area contributed by atoms with Crippen molar-refractivity contribution in [1.29, 1.82) is 0 Å². The minimum absolute atomic E-state index is 0.101. The Hall–Kier alpha value is -2.08. The van der Waals surface area contributed by atoms with Gasteiger partial charge < -0.3 is 19.3 Å². The van der Waals surface area contributed by atoms with Crippen molar-refractivity contribution in [3.63, 3.8) is 0 Å². The van der Waals surface area contributed by atoms with Gasteiger partial charge in [0.1, 0.15) is 0 Å². The van der Waals surface area contributed by atoms with Crippen LogP contribution in [-0.2, 0) is 17.7 Å². The number of aliphatic hydroxyl groups excluding tert-OH is 1. The fourth-order valence-electron chi connectivity index (χ4n) is 3.94. The quantitative estimate of drug-likeness (QED) is 0.812. The van der Waals surface area contributed by atoms with Crippen LogP contribution in [0.1, 0.15) is 35.6 Å². The fourth-order valence-corrected chi connectivity index (χ4v) is 3.94. The van der Waals surface area contributed by atoms with E-state index in [1.807, 2.05) is 25.2 Å². The molecule has 0 amide bonds. The molecular weight excluding hydrogens is 342 g/mol. The van der Waals surface area contributed by atoms with Crippen LogP contribution in [0.2, 0.25) is 0 Å². The smallest absolute Gasteiger partial charge is 0.231 e. The van der Waals surface area contributed by atoms with Gasteiger partial charge in [-0.15, -0.1) is 0 Å². The number of ether oxygens (including phenoxy) is 3. The molecule has 1 heterocycles. The highest BCUT2D eigenvalue weighted by molar-refractivity contribution is 5.44. The molecule has 0 bridgehead atoms. The summed E-state index contributed by atoms with van der Waals surface area (Å²) in [5.41, 5.74) is 3.80. The normalized spacial score (nSPS) is 19.1. The first kappa shape index (κ1) is 18.3. The van der Waals surface area contributed by atoms with Gasteiger partial charge in [-0.05, 0) is 55.1 Å². The number of benzene rings is 2. The first-order valence-corrected chi connectivity index (χ1v) is 9.63. The van der Waals surface area contributed by atoms with Crippen molar-refractivity contribution in [1.82, 2.24) is 4.90 Å². The predicted octanol–water partition coefficient (Wildman–Crippen LogP) is 3.30. The van der Waals surface area contributed by atoms with Gasteiger partial charge in [0, 0.05) is 13.1 Å². The van der Waals surface area contributed by atoms with Crippen LogP contribution in [0, 0.1) is 0 Å². The number of fused-ring (bicyclic) bond motifs is 2. The van der Waals surface area contributed by atoms with Crippen LogP contribution in [-0.4, -0.2) is 43.1 Å². The van der Waals surface area contributed by atoms with E-state index < -0.39 is 6.10 Å². The highest BCUT2D eigenvalue weighted by atomic mass is 16.7. The van der Waals surface area contributed by atoms with Gasteiger partial charge in [-0.1, -0.05) is 30.3 Å². The second-order valence-corrected chi connectivity index (χ2v) is 7.45. The van der Waals surface area contributed by atoms with Crippen LogP contribution in [0.4, 0.5) is 0 Å². The first-order chi connectivity index (χ1) is 13.2. The summed E-state index contributed by atoms with van der Waals surface area (Å²) in [7, 11) is 2.00. The van der Waals surface area contributed by atoms with E-state index in [1.165, 1.54) is 11.1 Å². The summed E-state index contributed by atoms with van der Waals surface area (Å²) in [6.07, 6.45) is 2.87. The second-order valence-electron chi connectivity index (χ2n) is 7.45. The first-order valence-electron chi connectivity index (χ1n) is 9.63. The minimum Gasteiger partial charge on any atom is -0.454 e. The van der Waals surface area contributed by atoms with Gasteiger partial charge in [-0.2, -0.15) is 0 Å². The Labute approximate surface area is 160 Å². The number of rotatable bonds is 7. The van der Waals surface area contributed by atoms with Crippen LogP contribution in [0.25, 0.3) is 0 Å². The second kappa shape index (κ2) is 8.30. The molecule has 144 valence electrons. The number of nitrogens with zero attached hydrogens (tertiary/aromatic N) is 1. The van der Waals surface area contributed by atoms with Gasteiger partial charge >= 0.3 is 0 Å². The molecule has 2 aromatic rings. The molecule has 0 saturated heterocycles. The summed E-state index contributed by atoms with van der Waals surface area (Å²) < 4.78 is 16.8. The molecule has 27 heavy (non-hydrogen) atoms. The highest BCUT2D eigenvalue weighted by Crippen LogP contribution is 2.33. The van der Waals surface area contributed by atoms with Crippen molar-refractivity contribution in [2.75, 3.05) is 27.0 Å². The molecule has 1 aliphatic carbocycles.